The Bertz CT molecular complexity index is 1020. The monoisotopic (exact) mass is 351 g/mol. The van der Waals surface area contributed by atoms with Gasteiger partial charge in [-0.25, -0.2) is 23.7 Å². The number of aliphatic imine (C=N–C) groups is 1. The molecule has 3 aromatic rings. The molecule has 0 bridgehead atoms. The Morgan fingerprint density at radius 2 is 1.35 bits per heavy atom. The normalized spacial score (nSPS) is 12.5. The highest BCUT2D eigenvalue weighted by molar-refractivity contribution is 5.91. The third kappa shape index (κ3) is 3.11. The molecule has 5 nitrogen and oxygen atoms in total. The maximum absolute atomic E-state index is 14.0. The Morgan fingerprint density at radius 1 is 0.808 bits per heavy atom. The van der Waals surface area contributed by atoms with Gasteiger partial charge in [-0.15, -0.1) is 0 Å². The van der Waals surface area contributed by atoms with Crippen LogP contribution in [-0.2, 0) is 6.42 Å². The molecule has 7 heteroatoms. The number of benzene rings is 2. The van der Waals surface area contributed by atoms with Gasteiger partial charge in [-0.3, -0.25) is 0 Å². The van der Waals surface area contributed by atoms with Crippen LogP contribution < -0.4 is 10.6 Å². The van der Waals surface area contributed by atoms with Gasteiger partial charge in [0.15, 0.2) is 17.5 Å². The molecule has 2 aromatic carbocycles. The van der Waals surface area contributed by atoms with Gasteiger partial charge in [0.25, 0.3) is 0 Å². The van der Waals surface area contributed by atoms with Gasteiger partial charge in [0, 0.05) is 12.1 Å². The maximum atomic E-state index is 14.0. The van der Waals surface area contributed by atoms with E-state index in [-0.39, 0.29) is 17.2 Å². The molecular weight excluding hydrogens is 336 g/mol. The summed E-state index contributed by atoms with van der Waals surface area (Å²) in [5.41, 5.74) is 2.09. The molecule has 1 aliphatic heterocycles. The molecule has 0 aliphatic carbocycles. The van der Waals surface area contributed by atoms with Crippen LogP contribution >= 0.6 is 0 Å². The molecular formula is C19H15F2N5. The third-order valence-electron chi connectivity index (χ3n) is 3.92. The van der Waals surface area contributed by atoms with Gasteiger partial charge in [0.2, 0.25) is 0 Å². The van der Waals surface area contributed by atoms with Crippen molar-refractivity contribution in [3.8, 4) is 0 Å². The first-order valence-corrected chi connectivity index (χ1v) is 8.08. The summed E-state index contributed by atoms with van der Waals surface area (Å²) in [5, 5.41) is 5.86. The smallest absolute Gasteiger partial charge is 0.176 e. The summed E-state index contributed by atoms with van der Waals surface area (Å²) in [6, 6.07) is 12.5. The maximum Gasteiger partial charge on any atom is 0.176 e. The van der Waals surface area contributed by atoms with E-state index in [4.69, 9.17) is 0 Å². The second-order valence-electron chi connectivity index (χ2n) is 5.92. The minimum atomic E-state index is -0.425. The zero-order chi connectivity index (χ0) is 18.1. The molecule has 2 N–H and O–H groups in total. The van der Waals surface area contributed by atoms with Gasteiger partial charge in [-0.2, -0.15) is 0 Å². The molecule has 0 amide bonds. The second kappa shape index (κ2) is 6.51. The highest BCUT2D eigenvalue weighted by atomic mass is 19.1. The van der Waals surface area contributed by atoms with E-state index in [1.54, 1.807) is 36.4 Å². The molecule has 0 radical (unpaired) electrons. The van der Waals surface area contributed by atoms with Crippen molar-refractivity contribution >= 4 is 34.5 Å². The summed E-state index contributed by atoms with van der Waals surface area (Å²) in [5.74, 6) is 0.225. The Balaban J connectivity index is 1.76. The van der Waals surface area contributed by atoms with Crippen molar-refractivity contribution in [2.75, 3.05) is 10.6 Å². The zero-order valence-corrected chi connectivity index (χ0v) is 13.9. The van der Waals surface area contributed by atoms with E-state index in [2.05, 4.69) is 25.6 Å². The average Bonchev–Trinajstić information content (AvgIpc) is 2.98. The molecule has 130 valence electrons. The van der Waals surface area contributed by atoms with E-state index >= 15 is 0 Å². The van der Waals surface area contributed by atoms with Crippen LogP contribution in [-0.4, -0.2) is 15.7 Å². The lowest BCUT2D eigenvalue weighted by molar-refractivity contribution is 0.631. The lowest BCUT2D eigenvalue weighted by Crippen LogP contribution is -2.06. The van der Waals surface area contributed by atoms with E-state index in [1.165, 1.54) is 12.1 Å². The Hall–Kier alpha value is -3.35. The molecule has 0 fully saturated rings. The van der Waals surface area contributed by atoms with E-state index < -0.39 is 11.6 Å². The van der Waals surface area contributed by atoms with E-state index in [9.17, 15) is 8.78 Å². The fourth-order valence-electron chi connectivity index (χ4n) is 2.69. The number of fused-ring (bicyclic) bond motifs is 1. The molecule has 4 rings (SSSR count). The van der Waals surface area contributed by atoms with Gasteiger partial charge in [-0.1, -0.05) is 24.3 Å². The van der Waals surface area contributed by atoms with Crippen molar-refractivity contribution in [1.82, 2.24) is 9.97 Å². The summed E-state index contributed by atoms with van der Waals surface area (Å²) in [4.78, 5) is 13.3. The van der Waals surface area contributed by atoms with Crippen LogP contribution in [0.1, 0.15) is 12.6 Å². The van der Waals surface area contributed by atoms with Crippen LogP contribution in [0.4, 0.5) is 37.6 Å². The average molecular weight is 351 g/mol. The van der Waals surface area contributed by atoms with Crippen molar-refractivity contribution in [1.29, 1.82) is 0 Å². The second-order valence-corrected chi connectivity index (χ2v) is 5.92. The Kier molecular flexibility index (Phi) is 4.04. The van der Waals surface area contributed by atoms with Gasteiger partial charge in [0.1, 0.15) is 11.6 Å². The first-order chi connectivity index (χ1) is 12.6. The summed E-state index contributed by atoms with van der Waals surface area (Å²) < 4.78 is 28.0. The highest BCUT2D eigenvalue weighted by Crippen LogP contribution is 2.33. The first-order valence-electron chi connectivity index (χ1n) is 8.08. The van der Waals surface area contributed by atoms with Gasteiger partial charge in [-0.05, 0) is 31.2 Å². The fourth-order valence-corrected chi connectivity index (χ4v) is 2.69. The summed E-state index contributed by atoms with van der Waals surface area (Å²) in [6.45, 7) is 1.89. The standard InChI is InChI=1S/C19H15F2N5/c1-11-10-16-17(22-11)26-19(24-15-9-5-3-7-13(15)21)18(25-16)23-14-8-4-2-6-12(14)20/h2-9H,10H2,1H3,(H,23,25)(H,24,26). The van der Waals surface area contributed by atoms with Gasteiger partial charge >= 0.3 is 0 Å². The molecule has 0 saturated carbocycles. The van der Waals surface area contributed by atoms with Crippen molar-refractivity contribution in [2.24, 2.45) is 4.99 Å². The molecule has 0 spiro atoms. The predicted octanol–water partition coefficient (Wildman–Crippen LogP) is 4.89. The minimum absolute atomic E-state index is 0.247. The van der Waals surface area contributed by atoms with Crippen LogP contribution in [0.15, 0.2) is 53.5 Å². The number of nitrogens with one attached hydrogen (secondary N) is 2. The van der Waals surface area contributed by atoms with E-state index in [0.717, 1.165) is 5.71 Å². The Morgan fingerprint density at radius 3 is 1.92 bits per heavy atom. The number of rotatable bonds is 4. The topological polar surface area (TPSA) is 62.2 Å². The van der Waals surface area contributed by atoms with E-state index in [0.29, 0.717) is 23.8 Å². The first kappa shape index (κ1) is 16.1. The van der Waals surface area contributed by atoms with Gasteiger partial charge < -0.3 is 10.6 Å². The van der Waals surface area contributed by atoms with Gasteiger partial charge in [0.05, 0.1) is 17.1 Å². The summed E-state index contributed by atoms with van der Waals surface area (Å²) >= 11 is 0. The number of para-hydroxylation sites is 2. The van der Waals surface area contributed by atoms with Crippen molar-refractivity contribution in [3.63, 3.8) is 0 Å². The van der Waals surface area contributed by atoms with Crippen LogP contribution in [0.5, 0.6) is 0 Å². The quantitative estimate of drug-likeness (QED) is 0.702. The SMILES string of the molecule is CC1=Nc2nc(Nc3ccccc3F)c(Nc3ccccc3F)nc2C1. The van der Waals surface area contributed by atoms with Crippen LogP contribution in [0.3, 0.4) is 0 Å². The highest BCUT2D eigenvalue weighted by Gasteiger charge is 2.20. The van der Waals surface area contributed by atoms with Crippen LogP contribution in [0, 0.1) is 11.6 Å². The number of hydrogen-bond donors (Lipinski definition) is 2. The number of aromatic nitrogens is 2. The number of anilines is 4. The molecule has 1 aliphatic rings. The third-order valence-corrected chi connectivity index (χ3v) is 3.92. The largest absolute Gasteiger partial charge is 0.335 e. The lowest BCUT2D eigenvalue weighted by atomic mass is 10.2. The molecule has 0 saturated heterocycles. The lowest BCUT2D eigenvalue weighted by Gasteiger charge is -2.14. The summed E-state index contributed by atoms with van der Waals surface area (Å²) in [7, 11) is 0. The number of halogens is 2. The molecule has 0 unspecified atom stereocenters. The van der Waals surface area contributed by atoms with E-state index in [1.807, 2.05) is 6.92 Å². The molecule has 0 atom stereocenters. The molecule has 1 aromatic heterocycles. The Labute approximate surface area is 148 Å². The van der Waals surface area contributed by atoms with Crippen molar-refractivity contribution in [2.45, 2.75) is 13.3 Å². The van der Waals surface area contributed by atoms with Crippen molar-refractivity contribution in [3.05, 3.63) is 65.9 Å². The fraction of sp³-hybridized carbons (Fsp3) is 0.105. The van der Waals surface area contributed by atoms with Crippen LogP contribution in [0.25, 0.3) is 0 Å². The summed E-state index contributed by atoms with van der Waals surface area (Å²) in [6.07, 6.45) is 0.578. The number of nitrogens with zero attached hydrogens (tertiary/aromatic N) is 3. The molecule has 26 heavy (non-hydrogen) atoms. The molecule has 2 heterocycles. The number of hydrogen-bond acceptors (Lipinski definition) is 5. The van der Waals surface area contributed by atoms with Crippen molar-refractivity contribution < 1.29 is 8.78 Å². The zero-order valence-electron chi connectivity index (χ0n) is 13.9. The van der Waals surface area contributed by atoms with Crippen LogP contribution in [0.2, 0.25) is 0 Å². The predicted molar refractivity (Wildman–Crippen MR) is 97.9 cm³/mol. The minimum Gasteiger partial charge on any atom is -0.335 e.